The summed E-state index contributed by atoms with van der Waals surface area (Å²) in [5, 5.41) is 2.92. The van der Waals surface area contributed by atoms with Crippen molar-refractivity contribution in [3.8, 4) is 17.2 Å². The molecule has 0 aliphatic rings. The van der Waals surface area contributed by atoms with Gasteiger partial charge in [-0.05, 0) is 71.0 Å². The van der Waals surface area contributed by atoms with E-state index in [9.17, 15) is 4.79 Å². The molecular formula is C26H30N2O4. The standard InChI is InChI=1S/C26H30N2O4/c1-6-30-21-10-8-12-23(16-21)32-22-11-7-9-20(15-22)28-26(29)24-13-14-25(27-18(24)4)19(5)31-17(2)3/h7-17,19H,6H2,1-5H3,(H,28,29). The number of aryl methyl sites for hydroxylation is 1. The molecule has 0 radical (unpaired) electrons. The summed E-state index contributed by atoms with van der Waals surface area (Å²) in [5.41, 5.74) is 2.60. The number of nitrogens with one attached hydrogen (secondary N) is 1. The fraction of sp³-hybridized carbons (Fsp3) is 0.308. The Bertz CT molecular complexity index is 1070. The van der Waals surface area contributed by atoms with Crippen LogP contribution in [0.2, 0.25) is 0 Å². The van der Waals surface area contributed by atoms with Crippen LogP contribution >= 0.6 is 0 Å². The van der Waals surface area contributed by atoms with Crippen molar-refractivity contribution in [2.24, 2.45) is 0 Å². The van der Waals surface area contributed by atoms with E-state index in [1.54, 1.807) is 12.1 Å². The number of amides is 1. The third kappa shape index (κ3) is 6.31. The molecule has 0 fully saturated rings. The van der Waals surface area contributed by atoms with Crippen LogP contribution in [0, 0.1) is 6.92 Å². The van der Waals surface area contributed by atoms with Crippen LogP contribution in [0.5, 0.6) is 17.2 Å². The average Bonchev–Trinajstić information content (AvgIpc) is 2.74. The van der Waals surface area contributed by atoms with Crippen LogP contribution in [0.4, 0.5) is 5.69 Å². The summed E-state index contributed by atoms with van der Waals surface area (Å²) in [5.74, 6) is 1.79. The van der Waals surface area contributed by atoms with Gasteiger partial charge < -0.3 is 19.5 Å². The Balaban J connectivity index is 1.70. The molecule has 32 heavy (non-hydrogen) atoms. The quantitative estimate of drug-likeness (QED) is 0.427. The first kappa shape index (κ1) is 23.3. The maximum absolute atomic E-state index is 12.8. The largest absolute Gasteiger partial charge is 0.494 e. The van der Waals surface area contributed by atoms with E-state index in [1.807, 2.05) is 83.1 Å². The summed E-state index contributed by atoms with van der Waals surface area (Å²) < 4.78 is 17.2. The minimum absolute atomic E-state index is 0.103. The smallest absolute Gasteiger partial charge is 0.257 e. The number of carbonyl (C=O) groups excluding carboxylic acids is 1. The second-order valence-corrected chi connectivity index (χ2v) is 7.69. The zero-order valence-corrected chi connectivity index (χ0v) is 19.2. The highest BCUT2D eigenvalue weighted by Crippen LogP contribution is 2.27. The summed E-state index contributed by atoms with van der Waals surface area (Å²) in [4.78, 5) is 17.4. The van der Waals surface area contributed by atoms with Gasteiger partial charge in [0, 0.05) is 17.8 Å². The molecular weight excluding hydrogens is 404 g/mol. The normalized spacial score (nSPS) is 11.8. The van der Waals surface area contributed by atoms with Gasteiger partial charge in [0.2, 0.25) is 0 Å². The first-order chi connectivity index (χ1) is 15.4. The molecule has 1 amide bonds. The van der Waals surface area contributed by atoms with Crippen molar-refractivity contribution in [3.05, 3.63) is 77.6 Å². The zero-order valence-electron chi connectivity index (χ0n) is 19.2. The molecule has 0 aliphatic heterocycles. The molecule has 168 valence electrons. The summed E-state index contributed by atoms with van der Waals surface area (Å²) in [6.45, 7) is 10.3. The summed E-state index contributed by atoms with van der Waals surface area (Å²) in [7, 11) is 0. The van der Waals surface area contributed by atoms with E-state index in [2.05, 4.69) is 10.3 Å². The topological polar surface area (TPSA) is 69.7 Å². The maximum atomic E-state index is 12.8. The molecule has 0 saturated carbocycles. The summed E-state index contributed by atoms with van der Waals surface area (Å²) in [6, 6.07) is 18.3. The molecule has 3 aromatic rings. The first-order valence-electron chi connectivity index (χ1n) is 10.8. The SMILES string of the molecule is CCOc1cccc(Oc2cccc(NC(=O)c3ccc(C(C)OC(C)C)nc3C)c2)c1. The van der Waals surface area contributed by atoms with Crippen molar-refractivity contribution in [3.63, 3.8) is 0 Å². The fourth-order valence-corrected chi connectivity index (χ4v) is 3.29. The molecule has 6 nitrogen and oxygen atoms in total. The van der Waals surface area contributed by atoms with Gasteiger partial charge in [0.1, 0.15) is 17.2 Å². The highest BCUT2D eigenvalue weighted by molar-refractivity contribution is 6.05. The van der Waals surface area contributed by atoms with Crippen LogP contribution in [0.25, 0.3) is 0 Å². The highest BCUT2D eigenvalue weighted by atomic mass is 16.5. The Morgan fingerprint density at radius 2 is 1.66 bits per heavy atom. The molecule has 1 unspecified atom stereocenters. The van der Waals surface area contributed by atoms with Crippen LogP contribution in [-0.2, 0) is 4.74 Å². The van der Waals surface area contributed by atoms with Crippen molar-refractivity contribution in [2.45, 2.75) is 46.8 Å². The molecule has 0 bridgehead atoms. The van der Waals surface area contributed by atoms with Crippen molar-refractivity contribution in [1.82, 2.24) is 4.98 Å². The van der Waals surface area contributed by atoms with E-state index in [1.165, 1.54) is 0 Å². The Kier molecular flexibility index (Phi) is 7.84. The Morgan fingerprint density at radius 3 is 2.34 bits per heavy atom. The van der Waals surface area contributed by atoms with E-state index in [-0.39, 0.29) is 18.1 Å². The number of nitrogens with zero attached hydrogens (tertiary/aromatic N) is 1. The van der Waals surface area contributed by atoms with Gasteiger partial charge in [-0.15, -0.1) is 0 Å². The summed E-state index contributed by atoms with van der Waals surface area (Å²) >= 11 is 0. The van der Waals surface area contributed by atoms with Crippen LogP contribution in [0.15, 0.2) is 60.7 Å². The van der Waals surface area contributed by atoms with Gasteiger partial charge in [-0.3, -0.25) is 9.78 Å². The van der Waals surface area contributed by atoms with E-state index in [0.29, 0.717) is 35.1 Å². The van der Waals surface area contributed by atoms with Crippen LogP contribution < -0.4 is 14.8 Å². The number of carbonyl (C=O) groups is 1. The lowest BCUT2D eigenvalue weighted by Crippen LogP contribution is -2.16. The number of rotatable bonds is 9. The van der Waals surface area contributed by atoms with Crippen molar-refractivity contribution in [2.75, 3.05) is 11.9 Å². The predicted molar refractivity (Wildman–Crippen MR) is 126 cm³/mol. The Labute approximate surface area is 189 Å². The second kappa shape index (κ2) is 10.8. The number of ether oxygens (including phenoxy) is 3. The van der Waals surface area contributed by atoms with Crippen molar-refractivity contribution >= 4 is 11.6 Å². The minimum Gasteiger partial charge on any atom is -0.494 e. The molecule has 0 saturated heterocycles. The average molecular weight is 435 g/mol. The third-order valence-corrected chi connectivity index (χ3v) is 4.69. The molecule has 1 heterocycles. The van der Waals surface area contributed by atoms with Gasteiger partial charge in [0.25, 0.3) is 5.91 Å². The van der Waals surface area contributed by atoms with E-state index in [0.717, 1.165) is 11.4 Å². The van der Waals surface area contributed by atoms with E-state index in [4.69, 9.17) is 14.2 Å². The number of hydrogen-bond acceptors (Lipinski definition) is 5. The van der Waals surface area contributed by atoms with Gasteiger partial charge in [-0.2, -0.15) is 0 Å². The number of aromatic nitrogens is 1. The lowest BCUT2D eigenvalue weighted by molar-refractivity contribution is 0.0154. The van der Waals surface area contributed by atoms with Crippen molar-refractivity contribution in [1.29, 1.82) is 0 Å². The van der Waals surface area contributed by atoms with Crippen LogP contribution in [-0.4, -0.2) is 23.6 Å². The molecule has 1 atom stereocenters. The number of anilines is 1. The molecule has 0 aliphatic carbocycles. The second-order valence-electron chi connectivity index (χ2n) is 7.69. The Morgan fingerprint density at radius 1 is 0.969 bits per heavy atom. The van der Waals surface area contributed by atoms with Gasteiger partial charge in [0.15, 0.2) is 0 Å². The number of hydrogen-bond donors (Lipinski definition) is 1. The van der Waals surface area contributed by atoms with E-state index < -0.39 is 0 Å². The summed E-state index contributed by atoms with van der Waals surface area (Å²) in [6.07, 6.45) is -0.0351. The first-order valence-corrected chi connectivity index (χ1v) is 10.8. The fourth-order valence-electron chi connectivity index (χ4n) is 3.29. The van der Waals surface area contributed by atoms with Gasteiger partial charge in [-0.25, -0.2) is 0 Å². The Hall–Kier alpha value is -3.38. The van der Waals surface area contributed by atoms with Gasteiger partial charge >= 0.3 is 0 Å². The molecule has 1 aromatic heterocycles. The minimum atomic E-state index is -0.227. The lowest BCUT2D eigenvalue weighted by atomic mass is 10.1. The molecule has 2 aromatic carbocycles. The maximum Gasteiger partial charge on any atom is 0.257 e. The van der Waals surface area contributed by atoms with Crippen molar-refractivity contribution < 1.29 is 19.0 Å². The third-order valence-electron chi connectivity index (χ3n) is 4.69. The van der Waals surface area contributed by atoms with Crippen LogP contribution in [0.1, 0.15) is 55.5 Å². The number of benzene rings is 2. The monoisotopic (exact) mass is 434 g/mol. The molecule has 6 heteroatoms. The lowest BCUT2D eigenvalue weighted by Gasteiger charge is -2.17. The molecule has 0 spiro atoms. The van der Waals surface area contributed by atoms with Crippen LogP contribution in [0.3, 0.4) is 0 Å². The highest BCUT2D eigenvalue weighted by Gasteiger charge is 2.15. The van der Waals surface area contributed by atoms with E-state index >= 15 is 0 Å². The predicted octanol–water partition coefficient (Wildman–Crippen LogP) is 6.32. The van der Waals surface area contributed by atoms with Gasteiger partial charge in [-0.1, -0.05) is 12.1 Å². The van der Waals surface area contributed by atoms with Gasteiger partial charge in [0.05, 0.1) is 35.8 Å². The molecule has 3 rings (SSSR count). The zero-order chi connectivity index (χ0) is 23.1. The molecule has 1 N–H and O–H groups in total. The number of pyridine rings is 1.